The fourth-order valence-corrected chi connectivity index (χ4v) is 7.40. The molecule has 9 atom stereocenters. The number of nitrogens with two attached hydrogens (primary N) is 2. The molecule has 0 fully saturated rings. The van der Waals surface area contributed by atoms with Gasteiger partial charge in [-0.15, -0.1) is 0 Å². The highest BCUT2D eigenvalue weighted by atomic mass is 16.4. The van der Waals surface area contributed by atoms with Crippen LogP contribution in [-0.4, -0.2) is 182 Å². The first-order valence-electron chi connectivity index (χ1n) is 25.0. The molecule has 19 N–H and O–H groups in total. The molecule has 0 saturated heterocycles. The fourth-order valence-electron chi connectivity index (χ4n) is 7.40. The number of aromatic hydroxyl groups is 1. The van der Waals surface area contributed by atoms with E-state index in [1.807, 2.05) is 0 Å². The van der Waals surface area contributed by atoms with Crippen molar-refractivity contribution in [2.75, 3.05) is 26.4 Å². The molecule has 0 saturated carbocycles. The predicted molar refractivity (Wildman–Crippen MR) is 277 cm³/mol. The number of nitrogens with one attached hydrogen (secondary N) is 9. The summed E-state index contributed by atoms with van der Waals surface area (Å²) in [6.07, 6.45) is -2.83. The molecule has 29 nitrogen and oxygen atoms in total. The first-order chi connectivity index (χ1) is 37.2. The van der Waals surface area contributed by atoms with Gasteiger partial charge in [-0.05, 0) is 54.4 Å². The molecule has 0 aromatic heterocycles. The van der Waals surface area contributed by atoms with Gasteiger partial charge >= 0.3 is 11.9 Å². The third-order valence-corrected chi connectivity index (χ3v) is 11.5. The summed E-state index contributed by atoms with van der Waals surface area (Å²) < 4.78 is 0. The maximum absolute atomic E-state index is 14.2. The number of benzene rings is 2. The number of hydrogen-bond acceptors (Lipinski definition) is 17. The van der Waals surface area contributed by atoms with Gasteiger partial charge in [-0.3, -0.25) is 52.7 Å². The van der Waals surface area contributed by atoms with Crippen LogP contribution in [0.25, 0.3) is 0 Å². The molecule has 0 heterocycles. The Labute approximate surface area is 454 Å². The quantitative estimate of drug-likeness (QED) is 0.0306. The van der Waals surface area contributed by atoms with E-state index >= 15 is 0 Å². The summed E-state index contributed by atoms with van der Waals surface area (Å²) in [5.74, 6) is -14.2. The molecular weight excluding hydrogens is 1040 g/mol. The van der Waals surface area contributed by atoms with Crippen LogP contribution in [0.3, 0.4) is 0 Å². The number of phenolic OH excluding ortho intramolecular Hbond substituents is 1. The molecule has 2 aromatic rings. The van der Waals surface area contributed by atoms with E-state index < -0.39 is 177 Å². The van der Waals surface area contributed by atoms with Crippen molar-refractivity contribution in [3.63, 3.8) is 0 Å². The van der Waals surface area contributed by atoms with Crippen LogP contribution in [0.1, 0.15) is 70.9 Å². The van der Waals surface area contributed by atoms with Crippen molar-refractivity contribution in [2.24, 2.45) is 23.3 Å². The van der Waals surface area contributed by atoms with Crippen molar-refractivity contribution >= 4 is 71.0 Å². The molecule has 79 heavy (non-hydrogen) atoms. The molecule has 10 amide bonds. The van der Waals surface area contributed by atoms with Gasteiger partial charge < -0.3 is 90.0 Å². The van der Waals surface area contributed by atoms with E-state index in [1.54, 1.807) is 58.0 Å². The van der Waals surface area contributed by atoms with E-state index in [0.29, 0.717) is 5.56 Å². The number of aliphatic carboxylic acids is 2. The van der Waals surface area contributed by atoms with E-state index in [4.69, 9.17) is 11.5 Å². The lowest BCUT2D eigenvalue weighted by Crippen LogP contribution is -2.61. The molecular formula is C50H73N11O18. The molecule has 0 aliphatic heterocycles. The van der Waals surface area contributed by atoms with Crippen molar-refractivity contribution in [1.82, 2.24) is 47.9 Å². The van der Waals surface area contributed by atoms with Crippen LogP contribution < -0.4 is 59.3 Å². The Morgan fingerprint density at radius 3 is 1.39 bits per heavy atom. The number of carbonyl (C=O) groups excluding carboxylic acids is 10. The number of aliphatic hydroxyl groups excluding tert-OH is 3. The second-order valence-corrected chi connectivity index (χ2v) is 19.2. The zero-order chi connectivity index (χ0) is 59.5. The molecule has 436 valence electrons. The second kappa shape index (κ2) is 33.8. The minimum absolute atomic E-state index is 0.0392. The van der Waals surface area contributed by atoms with Gasteiger partial charge in [0.05, 0.1) is 32.8 Å². The zero-order valence-electron chi connectivity index (χ0n) is 44.1. The lowest BCUT2D eigenvalue weighted by atomic mass is 10.0. The van der Waals surface area contributed by atoms with Gasteiger partial charge in [0.1, 0.15) is 60.1 Å². The molecule has 0 aliphatic rings. The first kappa shape index (κ1) is 66.8. The SMILES string of the molecule is CC(C)C[C@H](NC(=O)[C@H](CO)NC(=O)CNC(=O)[C@H](CC(C)C)NC(=O)[C@H](CCC(=O)O)NC(=O)[C@H](Cc1ccc(O)cc1)NC(=O)[C@H](CO)NC(=O)[C@H](CC(N)=O)NC(=O)[C@H](Cc1ccccc1)NC(=O)[C@@H](N)CO)C(=O)O. The minimum Gasteiger partial charge on any atom is -0.508 e. The van der Waals surface area contributed by atoms with Crippen molar-refractivity contribution in [3.05, 3.63) is 65.7 Å². The van der Waals surface area contributed by atoms with Gasteiger partial charge in [0.2, 0.25) is 59.1 Å². The molecule has 2 aromatic carbocycles. The van der Waals surface area contributed by atoms with Crippen LogP contribution in [0.2, 0.25) is 0 Å². The van der Waals surface area contributed by atoms with Gasteiger partial charge in [0.25, 0.3) is 0 Å². The Morgan fingerprint density at radius 1 is 0.481 bits per heavy atom. The van der Waals surface area contributed by atoms with E-state index in [1.165, 1.54) is 24.3 Å². The summed E-state index contributed by atoms with van der Waals surface area (Å²) in [6, 6.07) is -1.12. The molecule has 2 rings (SSSR count). The first-order valence-corrected chi connectivity index (χ1v) is 25.0. The standard InChI is InChI=1S/C50H73N11O18/c1-25(2)16-32(43(71)53-21-40(67)54-37(23-63)48(76)60-36(50(78)79)17-26(3)4)57-44(72)31(14-15-41(68)69)55-45(73)34(19-28-10-12-29(65)13-11-28)58-49(77)38(24-64)61-47(75)35(20-39(52)66)59-46(74)33(56-42(70)30(51)22-62)18-27-8-6-5-7-9-27/h5-13,25-26,30-38,62-65H,14-24,51H2,1-4H3,(H2,52,66)(H,53,71)(H,54,67)(H,55,73)(H,56,70)(H,57,72)(H,58,77)(H,59,74)(H,60,76)(H,61,75)(H,68,69)(H,78,79)/t30-,31-,32-,33-,34-,35-,36-,37-,38-/m0/s1. The Bertz CT molecular complexity index is 2430. The van der Waals surface area contributed by atoms with Gasteiger partial charge in [-0.25, -0.2) is 4.79 Å². The van der Waals surface area contributed by atoms with Crippen LogP contribution in [0.15, 0.2) is 54.6 Å². The smallest absolute Gasteiger partial charge is 0.326 e. The molecule has 0 unspecified atom stereocenters. The Morgan fingerprint density at radius 2 is 0.899 bits per heavy atom. The molecule has 0 radical (unpaired) electrons. The van der Waals surface area contributed by atoms with E-state index in [2.05, 4.69) is 47.9 Å². The number of hydrogen-bond donors (Lipinski definition) is 17. The van der Waals surface area contributed by atoms with Gasteiger partial charge in [-0.1, -0.05) is 70.2 Å². The molecule has 29 heteroatoms. The monoisotopic (exact) mass is 1120 g/mol. The number of phenols is 1. The lowest BCUT2D eigenvalue weighted by Gasteiger charge is -2.27. The number of amides is 10. The largest absolute Gasteiger partial charge is 0.508 e. The third-order valence-electron chi connectivity index (χ3n) is 11.5. The summed E-state index contributed by atoms with van der Waals surface area (Å²) >= 11 is 0. The van der Waals surface area contributed by atoms with Crippen LogP contribution in [0.5, 0.6) is 5.75 Å². The summed E-state index contributed by atoms with van der Waals surface area (Å²) in [5.41, 5.74) is 11.8. The second-order valence-electron chi connectivity index (χ2n) is 19.2. The van der Waals surface area contributed by atoms with Crippen molar-refractivity contribution in [3.8, 4) is 5.75 Å². The number of carboxylic acid groups (broad SMARTS) is 2. The number of aliphatic hydroxyl groups is 3. The summed E-state index contributed by atoms with van der Waals surface area (Å²) in [4.78, 5) is 157. The Balaban J connectivity index is 2.38. The highest BCUT2D eigenvalue weighted by molar-refractivity contribution is 5.99. The predicted octanol–water partition coefficient (Wildman–Crippen LogP) is -5.61. The summed E-state index contributed by atoms with van der Waals surface area (Å²) in [6.45, 7) is 3.07. The van der Waals surface area contributed by atoms with E-state index in [-0.39, 0.29) is 42.4 Å². The Kier molecular flexibility index (Phi) is 28.6. The number of rotatable bonds is 35. The highest BCUT2D eigenvalue weighted by Gasteiger charge is 2.35. The third kappa shape index (κ3) is 24.7. The molecule has 0 spiro atoms. The van der Waals surface area contributed by atoms with E-state index in [0.717, 1.165) is 0 Å². The number of carboxylic acids is 2. The van der Waals surface area contributed by atoms with Gasteiger partial charge in [0, 0.05) is 19.3 Å². The zero-order valence-corrected chi connectivity index (χ0v) is 44.1. The van der Waals surface area contributed by atoms with Crippen LogP contribution in [-0.2, 0) is 70.4 Å². The van der Waals surface area contributed by atoms with Crippen LogP contribution in [0, 0.1) is 11.8 Å². The molecule has 0 aliphatic carbocycles. The highest BCUT2D eigenvalue weighted by Crippen LogP contribution is 2.14. The van der Waals surface area contributed by atoms with Crippen molar-refractivity contribution < 1.29 is 88.2 Å². The number of primary amides is 1. The van der Waals surface area contributed by atoms with Crippen LogP contribution in [0.4, 0.5) is 0 Å². The van der Waals surface area contributed by atoms with Gasteiger partial charge in [-0.2, -0.15) is 0 Å². The van der Waals surface area contributed by atoms with Crippen molar-refractivity contribution in [1.29, 1.82) is 0 Å². The van der Waals surface area contributed by atoms with Crippen LogP contribution >= 0.6 is 0 Å². The maximum Gasteiger partial charge on any atom is 0.326 e. The maximum atomic E-state index is 14.2. The normalized spacial score (nSPS) is 14.5. The summed E-state index contributed by atoms with van der Waals surface area (Å²) in [7, 11) is 0. The average Bonchev–Trinajstić information content (AvgIpc) is 3.39. The number of carbonyl (C=O) groups is 12. The lowest BCUT2D eigenvalue weighted by molar-refractivity contribution is -0.143. The fraction of sp³-hybridized carbons (Fsp3) is 0.520. The summed E-state index contributed by atoms with van der Waals surface area (Å²) in [5, 5.41) is 79.2. The topological polar surface area (TPSA) is 487 Å². The van der Waals surface area contributed by atoms with Gasteiger partial charge in [0.15, 0.2) is 0 Å². The molecule has 0 bridgehead atoms. The van der Waals surface area contributed by atoms with E-state index in [9.17, 15) is 88.2 Å². The average molecular weight is 1120 g/mol. The van der Waals surface area contributed by atoms with Crippen molar-refractivity contribution in [2.45, 2.75) is 127 Å². The minimum atomic E-state index is -1.94. The Hall–Kier alpha value is -8.28.